The van der Waals surface area contributed by atoms with Crippen molar-refractivity contribution in [2.45, 2.75) is 19.3 Å². The zero-order valence-corrected chi connectivity index (χ0v) is 9.90. The highest BCUT2D eigenvalue weighted by molar-refractivity contribution is 9.10. The van der Waals surface area contributed by atoms with Crippen LogP contribution >= 0.6 is 15.9 Å². The van der Waals surface area contributed by atoms with Crippen molar-refractivity contribution < 1.29 is 4.79 Å². The first-order valence-electron chi connectivity index (χ1n) is 5.00. The van der Waals surface area contributed by atoms with Gasteiger partial charge in [0.05, 0.1) is 4.47 Å². The van der Waals surface area contributed by atoms with Crippen LogP contribution in [-0.4, -0.2) is 33.9 Å². The smallest absolute Gasteiger partial charge is 0.222 e. The molecule has 4 nitrogen and oxygen atoms in total. The van der Waals surface area contributed by atoms with Gasteiger partial charge >= 0.3 is 0 Å². The van der Waals surface area contributed by atoms with Gasteiger partial charge in [0.1, 0.15) is 5.82 Å². The third-order valence-electron chi connectivity index (χ3n) is 2.45. The summed E-state index contributed by atoms with van der Waals surface area (Å²) >= 11 is 3.28. The molecule has 2 heterocycles. The average Bonchev–Trinajstić information content (AvgIpc) is 2.63. The van der Waals surface area contributed by atoms with Gasteiger partial charge in [-0.3, -0.25) is 4.79 Å². The van der Waals surface area contributed by atoms with Gasteiger partial charge < -0.3 is 4.90 Å². The second-order valence-corrected chi connectivity index (χ2v) is 4.47. The minimum Gasteiger partial charge on any atom is -0.342 e. The quantitative estimate of drug-likeness (QED) is 0.834. The molecule has 0 aromatic carbocycles. The van der Waals surface area contributed by atoms with E-state index < -0.39 is 0 Å². The zero-order valence-electron chi connectivity index (χ0n) is 8.32. The van der Waals surface area contributed by atoms with Crippen molar-refractivity contribution in [1.82, 2.24) is 14.9 Å². The molecule has 0 atom stereocenters. The van der Waals surface area contributed by atoms with E-state index in [0.717, 1.165) is 36.2 Å². The lowest BCUT2D eigenvalue weighted by Gasteiger charge is -2.14. The van der Waals surface area contributed by atoms with Crippen molar-refractivity contribution in [3.8, 4) is 0 Å². The number of hydrogen-bond acceptors (Lipinski definition) is 3. The average molecular weight is 270 g/mol. The van der Waals surface area contributed by atoms with Crippen LogP contribution in [0.5, 0.6) is 0 Å². The second-order valence-electron chi connectivity index (χ2n) is 3.55. The van der Waals surface area contributed by atoms with E-state index in [1.165, 1.54) is 0 Å². The molecular formula is C10H12BrN3O. The predicted molar refractivity (Wildman–Crippen MR) is 59.3 cm³/mol. The normalized spacial score (nSPS) is 16.1. The number of carbonyl (C=O) groups excluding carboxylic acids is 1. The third-order valence-corrected chi connectivity index (χ3v) is 2.86. The van der Waals surface area contributed by atoms with Crippen LogP contribution in [0.1, 0.15) is 18.7 Å². The summed E-state index contributed by atoms with van der Waals surface area (Å²) < 4.78 is 0.878. The highest BCUT2D eigenvalue weighted by Gasteiger charge is 2.19. The first-order valence-corrected chi connectivity index (χ1v) is 5.79. The number of likely N-dealkylation sites (tertiary alicyclic amines) is 1. The van der Waals surface area contributed by atoms with Crippen LogP contribution < -0.4 is 0 Å². The number of hydrogen-bond donors (Lipinski definition) is 0. The number of halogens is 1. The molecule has 0 spiro atoms. The Labute approximate surface area is 96.8 Å². The van der Waals surface area contributed by atoms with Gasteiger partial charge in [0, 0.05) is 38.3 Å². The summed E-state index contributed by atoms with van der Waals surface area (Å²) in [6.07, 6.45) is 5.88. The molecule has 2 rings (SSSR count). The Morgan fingerprint density at radius 2 is 2.13 bits per heavy atom. The molecule has 80 valence electrons. The van der Waals surface area contributed by atoms with Gasteiger partial charge in [-0.05, 0) is 22.4 Å². The van der Waals surface area contributed by atoms with Gasteiger partial charge in [-0.2, -0.15) is 0 Å². The summed E-state index contributed by atoms with van der Waals surface area (Å²) in [5.74, 6) is 1.05. The molecule has 1 aromatic rings. The Hall–Kier alpha value is -0.970. The maximum atomic E-state index is 11.3. The van der Waals surface area contributed by atoms with Crippen LogP contribution in [0.25, 0.3) is 0 Å². The molecule has 1 fully saturated rings. The van der Waals surface area contributed by atoms with Crippen LogP contribution in [0.4, 0.5) is 0 Å². The topological polar surface area (TPSA) is 46.1 Å². The van der Waals surface area contributed by atoms with Crippen molar-refractivity contribution >= 4 is 21.8 Å². The fraction of sp³-hybridized carbons (Fsp3) is 0.500. The van der Waals surface area contributed by atoms with Gasteiger partial charge in [0.25, 0.3) is 0 Å². The molecule has 0 N–H and O–H groups in total. The lowest BCUT2D eigenvalue weighted by molar-refractivity contribution is -0.127. The summed E-state index contributed by atoms with van der Waals surface area (Å²) in [6, 6.07) is 0. The molecule has 0 saturated carbocycles. The minimum atomic E-state index is 0.257. The zero-order chi connectivity index (χ0) is 10.7. The Bertz CT molecular complexity index is 352. The number of carbonyl (C=O) groups is 1. The molecule has 1 amide bonds. The van der Waals surface area contributed by atoms with E-state index in [1.54, 1.807) is 12.4 Å². The Balaban J connectivity index is 1.87. The molecule has 1 aliphatic heterocycles. The lowest BCUT2D eigenvalue weighted by Crippen LogP contribution is -2.27. The lowest BCUT2D eigenvalue weighted by atomic mass is 10.3. The van der Waals surface area contributed by atoms with E-state index in [4.69, 9.17) is 0 Å². The summed E-state index contributed by atoms with van der Waals surface area (Å²) in [5.41, 5.74) is 0. The monoisotopic (exact) mass is 269 g/mol. The van der Waals surface area contributed by atoms with Crippen molar-refractivity contribution in [3.63, 3.8) is 0 Å². The fourth-order valence-corrected chi connectivity index (χ4v) is 1.85. The number of rotatable bonds is 3. The summed E-state index contributed by atoms with van der Waals surface area (Å²) in [7, 11) is 0. The molecule has 0 unspecified atom stereocenters. The van der Waals surface area contributed by atoms with Gasteiger partial charge in [0.2, 0.25) is 5.91 Å². The Morgan fingerprint density at radius 3 is 2.73 bits per heavy atom. The number of aromatic nitrogens is 2. The summed E-state index contributed by atoms with van der Waals surface area (Å²) in [4.78, 5) is 21.5. The van der Waals surface area contributed by atoms with E-state index in [1.807, 2.05) is 4.90 Å². The Kier molecular flexibility index (Phi) is 3.30. The van der Waals surface area contributed by atoms with Crippen LogP contribution in [0.2, 0.25) is 0 Å². The molecule has 0 radical (unpaired) electrons. The van der Waals surface area contributed by atoms with E-state index in [-0.39, 0.29) is 5.91 Å². The van der Waals surface area contributed by atoms with Crippen molar-refractivity contribution in [3.05, 3.63) is 22.7 Å². The van der Waals surface area contributed by atoms with Crippen LogP contribution in [0.15, 0.2) is 16.9 Å². The summed E-state index contributed by atoms with van der Waals surface area (Å²) in [6.45, 7) is 1.62. The molecule has 1 aromatic heterocycles. The highest BCUT2D eigenvalue weighted by atomic mass is 79.9. The van der Waals surface area contributed by atoms with Crippen LogP contribution in [0, 0.1) is 0 Å². The maximum Gasteiger partial charge on any atom is 0.222 e. The van der Waals surface area contributed by atoms with E-state index in [9.17, 15) is 4.79 Å². The second kappa shape index (κ2) is 4.70. The van der Waals surface area contributed by atoms with E-state index in [2.05, 4.69) is 25.9 Å². The first kappa shape index (κ1) is 10.5. The molecule has 0 bridgehead atoms. The van der Waals surface area contributed by atoms with Crippen molar-refractivity contribution in [2.75, 3.05) is 13.1 Å². The van der Waals surface area contributed by atoms with Gasteiger partial charge in [-0.1, -0.05) is 0 Å². The SMILES string of the molecule is O=C1CCCN1CCc1ncc(Br)cn1. The van der Waals surface area contributed by atoms with Crippen molar-refractivity contribution in [1.29, 1.82) is 0 Å². The van der Waals surface area contributed by atoms with Crippen LogP contribution in [-0.2, 0) is 11.2 Å². The predicted octanol–water partition coefficient (Wildman–Crippen LogP) is 1.40. The minimum absolute atomic E-state index is 0.257. The molecule has 15 heavy (non-hydrogen) atoms. The van der Waals surface area contributed by atoms with Gasteiger partial charge in [-0.25, -0.2) is 9.97 Å². The molecule has 5 heteroatoms. The largest absolute Gasteiger partial charge is 0.342 e. The number of nitrogens with zero attached hydrogens (tertiary/aromatic N) is 3. The van der Waals surface area contributed by atoms with Gasteiger partial charge in [-0.15, -0.1) is 0 Å². The highest BCUT2D eigenvalue weighted by Crippen LogP contribution is 2.10. The summed E-state index contributed by atoms with van der Waals surface area (Å²) in [5, 5.41) is 0. The fourth-order valence-electron chi connectivity index (χ4n) is 1.64. The molecule has 1 aliphatic rings. The third kappa shape index (κ3) is 2.75. The molecule has 1 saturated heterocycles. The number of amides is 1. The van der Waals surface area contributed by atoms with Crippen molar-refractivity contribution in [2.24, 2.45) is 0 Å². The van der Waals surface area contributed by atoms with E-state index in [0.29, 0.717) is 6.42 Å². The van der Waals surface area contributed by atoms with Crippen LogP contribution in [0.3, 0.4) is 0 Å². The molecule has 0 aliphatic carbocycles. The molecular weight excluding hydrogens is 258 g/mol. The first-order chi connectivity index (χ1) is 7.25. The maximum absolute atomic E-state index is 11.3. The Morgan fingerprint density at radius 1 is 1.40 bits per heavy atom. The van der Waals surface area contributed by atoms with E-state index >= 15 is 0 Å². The van der Waals surface area contributed by atoms with Gasteiger partial charge in [0.15, 0.2) is 0 Å². The standard InChI is InChI=1S/C10H12BrN3O/c11-8-6-12-9(13-7-8)3-5-14-4-1-2-10(14)15/h6-7H,1-5H2.